The van der Waals surface area contributed by atoms with Crippen LogP contribution in [0.5, 0.6) is 0 Å². The number of carbonyl (C=O) groups excluding carboxylic acids is 2. The third kappa shape index (κ3) is 5.65. The molecule has 0 bridgehead atoms. The summed E-state index contributed by atoms with van der Waals surface area (Å²) in [5.41, 5.74) is 0. The predicted molar refractivity (Wildman–Crippen MR) is 45.6 cm³/mol. The van der Waals surface area contributed by atoms with Crippen LogP contribution in [0.1, 0.15) is 20.3 Å². The number of carbonyl (C=O) groups is 2. The second-order valence-corrected chi connectivity index (χ2v) is 2.95. The quantitative estimate of drug-likeness (QED) is 0.462. The summed E-state index contributed by atoms with van der Waals surface area (Å²) < 4.78 is 4.55. The van der Waals surface area contributed by atoms with Crippen LogP contribution in [0, 0.1) is 5.92 Å². The highest BCUT2D eigenvalue weighted by molar-refractivity contribution is 5.86. The lowest BCUT2D eigenvalue weighted by atomic mass is 10.1. The molecule has 0 aliphatic rings. The van der Waals surface area contributed by atoms with Gasteiger partial charge in [0.2, 0.25) is 0 Å². The van der Waals surface area contributed by atoms with Crippen LogP contribution in [0.3, 0.4) is 0 Å². The standard InChI is InChI=1S/C9H14O3/c1-4-9(11)12-6-8(10)5-7(2)3/h4,7H,1,5-6H2,2-3H3. The lowest BCUT2D eigenvalue weighted by Crippen LogP contribution is -2.13. The molecule has 0 atom stereocenters. The summed E-state index contributed by atoms with van der Waals surface area (Å²) in [4.78, 5) is 21.5. The second-order valence-electron chi connectivity index (χ2n) is 2.95. The second kappa shape index (κ2) is 5.52. The molecule has 0 amide bonds. The van der Waals surface area contributed by atoms with Crippen LogP contribution in [0.25, 0.3) is 0 Å². The largest absolute Gasteiger partial charge is 0.455 e. The Bertz CT molecular complexity index is 182. The average Bonchev–Trinajstić information content (AvgIpc) is 1.99. The van der Waals surface area contributed by atoms with E-state index in [1.165, 1.54) is 0 Å². The van der Waals surface area contributed by atoms with Gasteiger partial charge in [0.25, 0.3) is 0 Å². The maximum absolute atomic E-state index is 11.0. The fourth-order valence-corrected chi connectivity index (χ4v) is 0.725. The topological polar surface area (TPSA) is 43.4 Å². The van der Waals surface area contributed by atoms with Crippen molar-refractivity contribution in [2.45, 2.75) is 20.3 Å². The molecule has 0 aromatic rings. The monoisotopic (exact) mass is 170 g/mol. The van der Waals surface area contributed by atoms with E-state index in [1.807, 2.05) is 13.8 Å². The van der Waals surface area contributed by atoms with Gasteiger partial charge in [-0.2, -0.15) is 0 Å². The van der Waals surface area contributed by atoms with Crippen molar-refractivity contribution in [2.75, 3.05) is 6.61 Å². The van der Waals surface area contributed by atoms with Crippen molar-refractivity contribution in [1.82, 2.24) is 0 Å². The molecule has 0 aromatic heterocycles. The fraction of sp³-hybridized carbons (Fsp3) is 0.556. The van der Waals surface area contributed by atoms with E-state index < -0.39 is 5.97 Å². The Balaban J connectivity index is 3.57. The van der Waals surface area contributed by atoms with Crippen molar-refractivity contribution < 1.29 is 14.3 Å². The number of rotatable bonds is 5. The highest BCUT2D eigenvalue weighted by Crippen LogP contribution is 2.00. The number of ketones is 1. The molecule has 0 aromatic carbocycles. The maximum Gasteiger partial charge on any atom is 0.330 e. The van der Waals surface area contributed by atoms with E-state index in [1.54, 1.807) is 0 Å². The zero-order chi connectivity index (χ0) is 9.56. The van der Waals surface area contributed by atoms with Gasteiger partial charge in [-0.3, -0.25) is 4.79 Å². The van der Waals surface area contributed by atoms with E-state index >= 15 is 0 Å². The minimum atomic E-state index is -0.549. The molecule has 0 saturated carbocycles. The van der Waals surface area contributed by atoms with E-state index in [0.29, 0.717) is 12.3 Å². The number of Topliss-reactive ketones (excluding diaryl/α,β-unsaturated/α-hetero) is 1. The molecular formula is C9H14O3. The van der Waals surface area contributed by atoms with Gasteiger partial charge in [-0.1, -0.05) is 20.4 Å². The van der Waals surface area contributed by atoms with E-state index in [2.05, 4.69) is 11.3 Å². The third-order valence-corrected chi connectivity index (χ3v) is 1.18. The smallest absolute Gasteiger partial charge is 0.330 e. The molecule has 0 unspecified atom stereocenters. The first-order valence-corrected chi connectivity index (χ1v) is 3.87. The van der Waals surface area contributed by atoms with Crippen LogP contribution < -0.4 is 0 Å². The first-order chi connectivity index (χ1) is 5.56. The summed E-state index contributed by atoms with van der Waals surface area (Å²) in [7, 11) is 0. The molecule has 0 radical (unpaired) electrons. The van der Waals surface area contributed by atoms with Crippen molar-refractivity contribution in [1.29, 1.82) is 0 Å². The van der Waals surface area contributed by atoms with Gasteiger partial charge in [-0.05, 0) is 5.92 Å². The molecule has 68 valence electrons. The average molecular weight is 170 g/mol. The van der Waals surface area contributed by atoms with E-state index in [0.717, 1.165) is 6.08 Å². The molecule has 12 heavy (non-hydrogen) atoms. The molecule has 3 heteroatoms. The number of hydrogen-bond donors (Lipinski definition) is 0. The van der Waals surface area contributed by atoms with Crippen LogP contribution in [0.2, 0.25) is 0 Å². The summed E-state index contributed by atoms with van der Waals surface area (Å²) in [5, 5.41) is 0. The van der Waals surface area contributed by atoms with Crippen LogP contribution in [-0.2, 0) is 14.3 Å². The zero-order valence-electron chi connectivity index (χ0n) is 7.50. The molecule has 0 fully saturated rings. The summed E-state index contributed by atoms with van der Waals surface area (Å²) in [5.74, 6) is -0.299. The minimum Gasteiger partial charge on any atom is -0.455 e. The van der Waals surface area contributed by atoms with Crippen LogP contribution in [0.4, 0.5) is 0 Å². The van der Waals surface area contributed by atoms with Crippen LogP contribution in [0.15, 0.2) is 12.7 Å². The van der Waals surface area contributed by atoms with E-state index in [9.17, 15) is 9.59 Å². The normalized spacial score (nSPS) is 9.58. The van der Waals surface area contributed by atoms with Gasteiger partial charge in [0.15, 0.2) is 5.78 Å². The first kappa shape index (κ1) is 10.9. The van der Waals surface area contributed by atoms with E-state index in [-0.39, 0.29) is 12.4 Å². The molecule has 0 heterocycles. The van der Waals surface area contributed by atoms with Gasteiger partial charge >= 0.3 is 5.97 Å². The third-order valence-electron chi connectivity index (χ3n) is 1.18. The zero-order valence-corrected chi connectivity index (χ0v) is 7.50. The Labute approximate surface area is 72.4 Å². The summed E-state index contributed by atoms with van der Waals surface area (Å²) in [6.07, 6.45) is 1.49. The Morgan fingerprint density at radius 3 is 2.50 bits per heavy atom. The highest BCUT2D eigenvalue weighted by atomic mass is 16.5. The van der Waals surface area contributed by atoms with Gasteiger partial charge < -0.3 is 4.74 Å². The molecule has 0 N–H and O–H groups in total. The maximum atomic E-state index is 11.0. The molecule has 3 nitrogen and oxygen atoms in total. The Morgan fingerprint density at radius 1 is 1.50 bits per heavy atom. The first-order valence-electron chi connectivity index (χ1n) is 3.87. The van der Waals surface area contributed by atoms with Crippen molar-refractivity contribution in [3.05, 3.63) is 12.7 Å². The lowest BCUT2D eigenvalue weighted by molar-refractivity contribution is -0.143. The summed E-state index contributed by atoms with van der Waals surface area (Å²) in [6.45, 7) is 6.95. The molecule has 0 rings (SSSR count). The van der Waals surface area contributed by atoms with Gasteiger partial charge in [0.05, 0.1) is 0 Å². The van der Waals surface area contributed by atoms with Gasteiger partial charge in [-0.25, -0.2) is 4.79 Å². The molecule has 0 aliphatic heterocycles. The van der Waals surface area contributed by atoms with Crippen LogP contribution >= 0.6 is 0 Å². The number of ether oxygens (including phenoxy) is 1. The predicted octanol–water partition coefficient (Wildman–Crippen LogP) is 1.33. The van der Waals surface area contributed by atoms with Gasteiger partial charge in [0.1, 0.15) is 6.61 Å². The van der Waals surface area contributed by atoms with E-state index in [4.69, 9.17) is 0 Å². The summed E-state index contributed by atoms with van der Waals surface area (Å²) in [6, 6.07) is 0. The SMILES string of the molecule is C=CC(=O)OCC(=O)CC(C)C. The van der Waals surface area contributed by atoms with Crippen molar-refractivity contribution in [3.63, 3.8) is 0 Å². The fourth-order valence-electron chi connectivity index (χ4n) is 0.725. The summed E-state index contributed by atoms with van der Waals surface area (Å²) >= 11 is 0. The Kier molecular flexibility index (Phi) is 5.00. The molecule has 0 saturated heterocycles. The number of hydrogen-bond acceptors (Lipinski definition) is 3. The Morgan fingerprint density at radius 2 is 2.08 bits per heavy atom. The lowest BCUT2D eigenvalue weighted by Gasteiger charge is -2.03. The highest BCUT2D eigenvalue weighted by Gasteiger charge is 2.06. The van der Waals surface area contributed by atoms with Gasteiger partial charge in [-0.15, -0.1) is 0 Å². The van der Waals surface area contributed by atoms with Crippen molar-refractivity contribution >= 4 is 11.8 Å². The van der Waals surface area contributed by atoms with Crippen molar-refractivity contribution in [3.8, 4) is 0 Å². The Hall–Kier alpha value is -1.12. The molecule has 0 aliphatic carbocycles. The minimum absolute atomic E-state index is 0.0554. The molecule has 0 spiro atoms. The molecular weight excluding hydrogens is 156 g/mol. The van der Waals surface area contributed by atoms with Crippen molar-refractivity contribution in [2.24, 2.45) is 5.92 Å². The number of esters is 1. The van der Waals surface area contributed by atoms with Crippen LogP contribution in [-0.4, -0.2) is 18.4 Å². The van der Waals surface area contributed by atoms with Gasteiger partial charge in [0, 0.05) is 12.5 Å².